The molecule has 0 N–H and O–H groups in total. The van der Waals surface area contributed by atoms with Crippen LogP contribution in [0.4, 0.5) is 0 Å². The Labute approximate surface area is 134 Å². The van der Waals surface area contributed by atoms with Gasteiger partial charge >= 0.3 is 0 Å². The first-order valence-corrected chi connectivity index (χ1v) is 8.75. The average Bonchev–Trinajstić information content (AvgIpc) is 3.26. The lowest BCUT2D eigenvalue weighted by molar-refractivity contribution is 0.213. The highest BCUT2D eigenvalue weighted by Gasteiger charge is 2.21. The normalized spacial score (nSPS) is 16.1. The van der Waals surface area contributed by atoms with Crippen LogP contribution in [0.25, 0.3) is 10.8 Å². The summed E-state index contributed by atoms with van der Waals surface area (Å²) in [5.41, 5.74) is 1.08. The highest BCUT2D eigenvalue weighted by molar-refractivity contribution is 8.00. The zero-order chi connectivity index (χ0) is 14.8. The Kier molecular flexibility index (Phi) is 4.55. The van der Waals surface area contributed by atoms with Crippen molar-refractivity contribution in [2.45, 2.75) is 44.5 Å². The third kappa shape index (κ3) is 3.80. The fraction of sp³-hybridized carbons (Fsp3) is 0.500. The number of nitrogens with zero attached hydrogens (tertiary/aromatic N) is 2. The van der Waals surface area contributed by atoms with Crippen molar-refractivity contribution in [1.29, 1.82) is 0 Å². The number of ether oxygens (including phenoxy) is 1. The molecule has 5 heteroatoms. The molecule has 1 atom stereocenters. The van der Waals surface area contributed by atoms with Gasteiger partial charge in [0.2, 0.25) is 5.88 Å². The zero-order valence-corrected chi connectivity index (χ0v) is 13.9. The summed E-state index contributed by atoms with van der Waals surface area (Å²) in [6, 6.07) is 1.87. The van der Waals surface area contributed by atoms with Crippen molar-refractivity contribution in [1.82, 2.24) is 9.97 Å². The van der Waals surface area contributed by atoms with Crippen LogP contribution in [0.15, 0.2) is 18.5 Å². The third-order valence-corrected chi connectivity index (χ3v) is 5.24. The molecule has 2 heterocycles. The standard InChI is InChI=1S/C16H19ClN2OS/c1-10-8-19-16(14-9-18-15(17)7-13(10)14)20-11(2)5-6-21-12-3-4-12/h7-9,11-12H,3-6H2,1-2H3. The minimum absolute atomic E-state index is 0.158. The number of hydrogen-bond acceptors (Lipinski definition) is 4. The van der Waals surface area contributed by atoms with Gasteiger partial charge in [0.25, 0.3) is 0 Å². The molecule has 0 spiro atoms. The van der Waals surface area contributed by atoms with Gasteiger partial charge in [-0.2, -0.15) is 11.8 Å². The minimum atomic E-state index is 0.158. The van der Waals surface area contributed by atoms with Crippen LogP contribution in [-0.4, -0.2) is 27.1 Å². The Bertz CT molecular complexity index is 645. The molecule has 1 unspecified atom stereocenters. The maximum Gasteiger partial charge on any atom is 0.223 e. The Balaban J connectivity index is 1.72. The molecule has 1 saturated carbocycles. The van der Waals surface area contributed by atoms with Crippen LogP contribution in [0.3, 0.4) is 0 Å². The highest BCUT2D eigenvalue weighted by Crippen LogP contribution is 2.34. The van der Waals surface area contributed by atoms with Crippen LogP contribution in [-0.2, 0) is 0 Å². The fourth-order valence-electron chi connectivity index (χ4n) is 2.20. The Morgan fingerprint density at radius 2 is 2.14 bits per heavy atom. The monoisotopic (exact) mass is 322 g/mol. The number of hydrogen-bond donors (Lipinski definition) is 0. The van der Waals surface area contributed by atoms with Crippen LogP contribution in [0.2, 0.25) is 5.15 Å². The molecule has 3 rings (SSSR count). The van der Waals surface area contributed by atoms with Gasteiger partial charge in [-0.25, -0.2) is 9.97 Å². The molecule has 3 nitrogen and oxygen atoms in total. The zero-order valence-electron chi connectivity index (χ0n) is 12.3. The number of rotatable bonds is 6. The van der Waals surface area contributed by atoms with Crippen molar-refractivity contribution in [2.24, 2.45) is 0 Å². The van der Waals surface area contributed by atoms with Crippen LogP contribution in [0, 0.1) is 6.92 Å². The molecule has 0 radical (unpaired) electrons. The largest absolute Gasteiger partial charge is 0.474 e. The lowest BCUT2D eigenvalue weighted by atomic mass is 10.1. The number of fused-ring (bicyclic) bond motifs is 1. The van der Waals surface area contributed by atoms with E-state index in [9.17, 15) is 0 Å². The summed E-state index contributed by atoms with van der Waals surface area (Å²) >= 11 is 8.04. The Morgan fingerprint density at radius 3 is 2.90 bits per heavy atom. The summed E-state index contributed by atoms with van der Waals surface area (Å²) in [7, 11) is 0. The summed E-state index contributed by atoms with van der Waals surface area (Å²) in [6.07, 6.45) is 7.55. The number of pyridine rings is 2. The summed E-state index contributed by atoms with van der Waals surface area (Å²) in [5.74, 6) is 1.81. The van der Waals surface area contributed by atoms with Crippen LogP contribution in [0.1, 0.15) is 31.7 Å². The van der Waals surface area contributed by atoms with Gasteiger partial charge in [-0.05, 0) is 55.9 Å². The predicted molar refractivity (Wildman–Crippen MR) is 89.5 cm³/mol. The predicted octanol–water partition coefficient (Wildman–Crippen LogP) is 4.64. The number of thioether (sulfide) groups is 1. The summed E-state index contributed by atoms with van der Waals surface area (Å²) in [4.78, 5) is 8.57. The molecular formula is C16H19ClN2OS. The topological polar surface area (TPSA) is 35.0 Å². The van der Waals surface area contributed by atoms with E-state index in [-0.39, 0.29) is 6.10 Å². The molecule has 112 valence electrons. The maximum atomic E-state index is 6.02. The van der Waals surface area contributed by atoms with Crippen molar-refractivity contribution in [3.8, 4) is 5.88 Å². The van der Waals surface area contributed by atoms with Gasteiger partial charge in [0.05, 0.1) is 11.5 Å². The Morgan fingerprint density at radius 1 is 1.33 bits per heavy atom. The SMILES string of the molecule is Cc1cnc(OC(C)CCSC2CC2)c2cnc(Cl)cc12. The van der Waals surface area contributed by atoms with Gasteiger partial charge in [0, 0.05) is 17.6 Å². The summed E-state index contributed by atoms with van der Waals surface area (Å²) < 4.78 is 6.02. The fourth-order valence-corrected chi connectivity index (χ4v) is 3.63. The van der Waals surface area contributed by atoms with E-state index in [0.717, 1.165) is 33.8 Å². The van der Waals surface area contributed by atoms with Crippen molar-refractivity contribution in [3.05, 3.63) is 29.2 Å². The van der Waals surface area contributed by atoms with Crippen molar-refractivity contribution >= 4 is 34.1 Å². The van der Waals surface area contributed by atoms with Crippen molar-refractivity contribution in [3.63, 3.8) is 0 Å². The molecule has 1 aliphatic carbocycles. The molecule has 21 heavy (non-hydrogen) atoms. The lowest BCUT2D eigenvalue weighted by Gasteiger charge is -2.15. The molecule has 0 amide bonds. The van der Waals surface area contributed by atoms with Gasteiger partial charge in [-0.3, -0.25) is 0 Å². The number of aromatic nitrogens is 2. The van der Waals surface area contributed by atoms with E-state index in [4.69, 9.17) is 16.3 Å². The van der Waals surface area contributed by atoms with Crippen LogP contribution >= 0.6 is 23.4 Å². The van der Waals surface area contributed by atoms with Crippen molar-refractivity contribution < 1.29 is 4.74 Å². The maximum absolute atomic E-state index is 6.02. The Hall–Kier alpha value is -1.00. The smallest absolute Gasteiger partial charge is 0.223 e. The number of halogens is 1. The first kappa shape index (κ1) is 14.9. The second-order valence-electron chi connectivity index (χ2n) is 5.59. The molecule has 2 aromatic rings. The lowest BCUT2D eigenvalue weighted by Crippen LogP contribution is -2.14. The second-order valence-corrected chi connectivity index (χ2v) is 7.38. The van der Waals surface area contributed by atoms with Gasteiger partial charge < -0.3 is 4.74 Å². The van der Waals surface area contributed by atoms with Gasteiger partial charge in [0.15, 0.2) is 0 Å². The van der Waals surface area contributed by atoms with E-state index in [1.807, 2.05) is 19.2 Å². The molecule has 0 aromatic carbocycles. The second kappa shape index (κ2) is 6.41. The molecule has 1 fully saturated rings. The van der Waals surface area contributed by atoms with Crippen LogP contribution < -0.4 is 4.74 Å². The van der Waals surface area contributed by atoms with E-state index in [1.54, 1.807) is 6.20 Å². The van der Waals surface area contributed by atoms with E-state index in [0.29, 0.717) is 11.0 Å². The van der Waals surface area contributed by atoms with Crippen LogP contribution in [0.5, 0.6) is 5.88 Å². The van der Waals surface area contributed by atoms with Gasteiger partial charge in [0.1, 0.15) is 5.15 Å². The first-order valence-electron chi connectivity index (χ1n) is 7.32. The molecule has 1 aliphatic rings. The molecular weight excluding hydrogens is 304 g/mol. The first-order chi connectivity index (χ1) is 10.1. The van der Waals surface area contributed by atoms with Gasteiger partial charge in [-0.15, -0.1) is 0 Å². The summed E-state index contributed by atoms with van der Waals surface area (Å²) in [5, 5.41) is 3.39. The van der Waals surface area contributed by atoms with Crippen molar-refractivity contribution in [2.75, 3.05) is 5.75 Å². The molecule has 2 aromatic heterocycles. The molecule has 0 aliphatic heterocycles. The minimum Gasteiger partial charge on any atom is -0.474 e. The highest BCUT2D eigenvalue weighted by atomic mass is 35.5. The van der Waals surface area contributed by atoms with E-state index >= 15 is 0 Å². The van der Waals surface area contributed by atoms with E-state index in [2.05, 4.69) is 28.7 Å². The molecule has 0 saturated heterocycles. The quantitative estimate of drug-likeness (QED) is 0.725. The number of aryl methyl sites for hydroxylation is 1. The van der Waals surface area contributed by atoms with Gasteiger partial charge in [-0.1, -0.05) is 11.6 Å². The third-order valence-electron chi connectivity index (χ3n) is 3.62. The average molecular weight is 323 g/mol. The van der Waals surface area contributed by atoms with E-state index < -0.39 is 0 Å². The van der Waals surface area contributed by atoms with E-state index in [1.165, 1.54) is 12.8 Å². The summed E-state index contributed by atoms with van der Waals surface area (Å²) in [6.45, 7) is 4.12. The molecule has 0 bridgehead atoms.